The Bertz CT molecular complexity index is 46.5. The first-order valence-corrected chi connectivity index (χ1v) is 3.80. The first-order chi connectivity index (χ1) is 3.12. The van der Waals surface area contributed by atoms with Gasteiger partial charge in [0.05, 0.1) is 0 Å². The van der Waals surface area contributed by atoms with Crippen LogP contribution in [-0.2, 0) is 0 Å². The summed E-state index contributed by atoms with van der Waals surface area (Å²) in [5.74, 6) is 0. The summed E-state index contributed by atoms with van der Waals surface area (Å²) in [5.41, 5.74) is 0.500. The van der Waals surface area contributed by atoms with Crippen LogP contribution in [-0.4, -0.2) is 28.4 Å². The molecule has 0 radical (unpaired) electrons. The highest BCUT2D eigenvalue weighted by atomic mass is 79.9. The van der Waals surface area contributed by atoms with Crippen LogP contribution in [0.5, 0.6) is 0 Å². The van der Waals surface area contributed by atoms with Crippen molar-refractivity contribution in [3.63, 3.8) is 0 Å². The fourth-order valence-corrected chi connectivity index (χ4v) is 0.491. The lowest BCUT2D eigenvalue weighted by molar-refractivity contribution is 0.411. The maximum Gasteiger partial charge on any atom is 0.316 e. The van der Waals surface area contributed by atoms with Crippen molar-refractivity contribution >= 4 is 39.0 Å². The second-order valence-corrected chi connectivity index (χ2v) is 3.21. The van der Waals surface area contributed by atoms with Crippen LogP contribution in [0.3, 0.4) is 0 Å². The van der Waals surface area contributed by atoms with Crippen molar-refractivity contribution in [2.24, 2.45) is 5.41 Å². The summed E-state index contributed by atoms with van der Waals surface area (Å²) in [4.78, 5) is 0. The molecular formula is C6H15BrMg. The van der Waals surface area contributed by atoms with E-state index in [2.05, 4.69) is 36.7 Å². The molecule has 2 heteroatoms. The lowest BCUT2D eigenvalue weighted by atomic mass is 9.94. The van der Waals surface area contributed by atoms with E-state index in [-0.39, 0.29) is 23.1 Å². The number of hydrogen-bond acceptors (Lipinski definition) is 0. The average molecular weight is 191 g/mol. The Morgan fingerprint density at radius 1 is 1.38 bits per heavy atom. The molecule has 0 aliphatic heterocycles. The van der Waals surface area contributed by atoms with Crippen LogP contribution >= 0.6 is 15.9 Å². The first-order valence-electron chi connectivity index (χ1n) is 2.68. The predicted octanol–water partition coefficient (Wildman–Crippen LogP) is 1.90. The van der Waals surface area contributed by atoms with E-state index >= 15 is 0 Å². The van der Waals surface area contributed by atoms with Gasteiger partial charge >= 0.3 is 23.1 Å². The summed E-state index contributed by atoms with van der Waals surface area (Å²) in [6.07, 6.45) is 1.25. The van der Waals surface area contributed by atoms with Gasteiger partial charge < -0.3 is 0 Å². The van der Waals surface area contributed by atoms with Crippen molar-refractivity contribution in [3.05, 3.63) is 0 Å². The molecule has 0 saturated carbocycles. The van der Waals surface area contributed by atoms with E-state index in [0.29, 0.717) is 5.41 Å². The van der Waals surface area contributed by atoms with Gasteiger partial charge in [-0.15, -0.1) is 0 Å². The monoisotopic (exact) mass is 190 g/mol. The number of rotatable bonds is 2. The Kier molecular flexibility index (Phi) is 7.58. The van der Waals surface area contributed by atoms with Crippen molar-refractivity contribution in [1.29, 1.82) is 0 Å². The van der Waals surface area contributed by atoms with Crippen LogP contribution < -0.4 is 0 Å². The van der Waals surface area contributed by atoms with E-state index in [1.165, 1.54) is 6.42 Å². The maximum atomic E-state index is 3.43. The second kappa shape index (κ2) is 5.06. The van der Waals surface area contributed by atoms with E-state index < -0.39 is 0 Å². The molecule has 0 saturated heterocycles. The minimum absolute atomic E-state index is 0. The van der Waals surface area contributed by atoms with Crippen molar-refractivity contribution in [1.82, 2.24) is 0 Å². The quantitative estimate of drug-likeness (QED) is 0.462. The lowest BCUT2D eigenvalue weighted by Crippen LogP contribution is -2.09. The highest BCUT2D eigenvalue weighted by molar-refractivity contribution is 9.09. The zero-order valence-electron chi connectivity index (χ0n) is 5.29. The average Bonchev–Trinajstić information content (AvgIpc) is 1.68. The minimum Gasteiger partial charge on any atom is -0.0922 e. The SMILES string of the molecule is CCC(C)(C)CBr.[MgH2]. The summed E-state index contributed by atoms with van der Waals surface area (Å²) < 4.78 is 0. The molecule has 0 aromatic rings. The van der Waals surface area contributed by atoms with Gasteiger partial charge in [0.1, 0.15) is 0 Å². The Morgan fingerprint density at radius 2 is 1.75 bits per heavy atom. The van der Waals surface area contributed by atoms with Crippen molar-refractivity contribution in [2.75, 3.05) is 5.33 Å². The predicted molar refractivity (Wildman–Crippen MR) is 46.4 cm³/mol. The van der Waals surface area contributed by atoms with Gasteiger partial charge in [0.25, 0.3) is 0 Å². The molecule has 0 N–H and O–H groups in total. The number of hydrogen-bond donors (Lipinski definition) is 0. The molecule has 0 aromatic carbocycles. The van der Waals surface area contributed by atoms with Gasteiger partial charge in [0.2, 0.25) is 0 Å². The number of alkyl halides is 1. The zero-order chi connectivity index (χ0) is 5.91. The molecule has 0 atom stereocenters. The van der Waals surface area contributed by atoms with Crippen LogP contribution in [0.15, 0.2) is 0 Å². The molecule has 0 rings (SSSR count). The molecule has 48 valence electrons. The molecule has 0 aromatic heterocycles. The third-order valence-corrected chi connectivity index (χ3v) is 2.84. The molecule has 0 fully saturated rings. The first kappa shape index (κ1) is 12.0. The third kappa shape index (κ3) is 5.38. The largest absolute Gasteiger partial charge is 0.316 e. The Labute approximate surface area is 76.7 Å². The van der Waals surface area contributed by atoms with Crippen molar-refractivity contribution < 1.29 is 0 Å². The topological polar surface area (TPSA) is 0 Å². The van der Waals surface area contributed by atoms with Gasteiger partial charge in [0.15, 0.2) is 0 Å². The zero-order valence-corrected chi connectivity index (χ0v) is 6.88. The molecular weight excluding hydrogens is 176 g/mol. The van der Waals surface area contributed by atoms with E-state index in [9.17, 15) is 0 Å². The van der Waals surface area contributed by atoms with E-state index in [4.69, 9.17) is 0 Å². The van der Waals surface area contributed by atoms with Gasteiger partial charge in [-0.2, -0.15) is 0 Å². The van der Waals surface area contributed by atoms with Crippen LogP contribution in [0.4, 0.5) is 0 Å². The van der Waals surface area contributed by atoms with E-state index in [1.807, 2.05) is 0 Å². The molecule has 8 heavy (non-hydrogen) atoms. The van der Waals surface area contributed by atoms with Crippen molar-refractivity contribution in [3.8, 4) is 0 Å². The summed E-state index contributed by atoms with van der Waals surface area (Å²) in [5, 5.41) is 1.11. The van der Waals surface area contributed by atoms with Gasteiger partial charge in [-0.05, 0) is 5.41 Å². The van der Waals surface area contributed by atoms with Gasteiger partial charge in [-0.1, -0.05) is 43.1 Å². The summed E-state index contributed by atoms with van der Waals surface area (Å²) >= 11 is 3.43. The molecule has 0 amide bonds. The highest BCUT2D eigenvalue weighted by Gasteiger charge is 2.10. The Morgan fingerprint density at radius 3 is 1.75 bits per heavy atom. The smallest absolute Gasteiger partial charge is 0.0922 e. The number of halogens is 1. The van der Waals surface area contributed by atoms with Gasteiger partial charge in [-0.25, -0.2) is 0 Å². The van der Waals surface area contributed by atoms with Crippen LogP contribution in [0, 0.1) is 5.41 Å². The molecule has 0 aliphatic carbocycles. The molecule has 0 spiro atoms. The summed E-state index contributed by atoms with van der Waals surface area (Å²) in [7, 11) is 0. The lowest BCUT2D eigenvalue weighted by Gasteiger charge is -2.17. The minimum atomic E-state index is 0. The van der Waals surface area contributed by atoms with Crippen molar-refractivity contribution in [2.45, 2.75) is 27.2 Å². The standard InChI is InChI=1S/C6H13Br.Mg.2H/c1-4-6(2,3)5-7;;;/h4-5H2,1-3H3;;;. The van der Waals surface area contributed by atoms with E-state index in [0.717, 1.165) is 5.33 Å². The summed E-state index contributed by atoms with van der Waals surface area (Å²) in [6, 6.07) is 0. The fourth-order valence-electron chi connectivity index (χ4n) is 0.0945. The van der Waals surface area contributed by atoms with Crippen LogP contribution in [0.1, 0.15) is 27.2 Å². The molecule has 0 aliphatic rings. The Hall–Kier alpha value is 1.25. The fraction of sp³-hybridized carbons (Fsp3) is 1.00. The molecule has 0 nitrogen and oxygen atoms in total. The van der Waals surface area contributed by atoms with Gasteiger partial charge in [0, 0.05) is 5.33 Å². The van der Waals surface area contributed by atoms with Crippen LogP contribution in [0.2, 0.25) is 0 Å². The molecule has 0 bridgehead atoms. The second-order valence-electron chi connectivity index (χ2n) is 2.65. The van der Waals surface area contributed by atoms with Gasteiger partial charge in [-0.3, -0.25) is 0 Å². The third-order valence-electron chi connectivity index (χ3n) is 1.32. The molecule has 0 heterocycles. The van der Waals surface area contributed by atoms with Crippen LogP contribution in [0.25, 0.3) is 0 Å². The normalized spacial score (nSPS) is 10.5. The highest BCUT2D eigenvalue weighted by Crippen LogP contribution is 2.21. The van der Waals surface area contributed by atoms with E-state index in [1.54, 1.807) is 0 Å². The summed E-state index contributed by atoms with van der Waals surface area (Å²) in [6.45, 7) is 6.71. The maximum absolute atomic E-state index is 3.43. The molecule has 0 unspecified atom stereocenters. The Balaban J connectivity index is 0.